The quantitative estimate of drug-likeness (QED) is 0.850. The van der Waals surface area contributed by atoms with E-state index in [0.717, 1.165) is 12.8 Å². The summed E-state index contributed by atoms with van der Waals surface area (Å²) >= 11 is 0. The fourth-order valence-electron chi connectivity index (χ4n) is 2.96. The summed E-state index contributed by atoms with van der Waals surface area (Å²) in [6.07, 6.45) is 1.88. The summed E-state index contributed by atoms with van der Waals surface area (Å²) in [4.78, 5) is 26.9. The Bertz CT molecular complexity index is 372. The van der Waals surface area contributed by atoms with Crippen LogP contribution in [0.4, 0.5) is 0 Å². The number of amides is 2. The first-order valence-electron chi connectivity index (χ1n) is 7.20. The number of piperazine rings is 1. The fraction of sp³-hybridized carbons (Fsp3) is 0.867. The molecule has 0 aromatic carbocycles. The number of nitrogens with one attached hydrogen (secondary N) is 1. The Hall–Kier alpha value is -1.06. The molecule has 0 aromatic heterocycles. The van der Waals surface area contributed by atoms with Gasteiger partial charge in [0, 0.05) is 5.54 Å². The van der Waals surface area contributed by atoms with E-state index in [1.807, 2.05) is 18.7 Å². The van der Waals surface area contributed by atoms with Gasteiger partial charge in [-0.05, 0) is 40.0 Å². The lowest BCUT2D eigenvalue weighted by Crippen LogP contribution is -2.73. The Labute approximate surface area is 116 Å². The molecule has 1 heterocycles. The third-order valence-corrected chi connectivity index (χ3v) is 3.88. The van der Waals surface area contributed by atoms with Crippen LogP contribution in [0.15, 0.2) is 0 Å². The molecule has 0 saturated carbocycles. The van der Waals surface area contributed by atoms with Crippen LogP contribution >= 0.6 is 0 Å². The highest BCUT2D eigenvalue weighted by atomic mass is 16.2. The standard InChI is InChI=1S/C15H28N2O2/c1-8-9-14(4,5)17-11(10(2)3)12(18)16-15(6,7)13(17)19/h10-11H,8-9H2,1-7H3,(H,16,18). The highest BCUT2D eigenvalue weighted by Gasteiger charge is 2.50. The average molecular weight is 268 g/mol. The molecule has 1 N–H and O–H groups in total. The zero-order valence-corrected chi connectivity index (χ0v) is 13.3. The molecule has 1 fully saturated rings. The van der Waals surface area contributed by atoms with Crippen LogP contribution in [0.1, 0.15) is 61.3 Å². The zero-order chi connectivity index (χ0) is 15.0. The number of rotatable bonds is 4. The average Bonchev–Trinajstić information content (AvgIpc) is 2.21. The highest BCUT2D eigenvalue weighted by Crippen LogP contribution is 2.32. The number of hydrogen-bond acceptors (Lipinski definition) is 2. The topological polar surface area (TPSA) is 49.4 Å². The Morgan fingerprint density at radius 3 is 2.26 bits per heavy atom. The Morgan fingerprint density at radius 1 is 1.32 bits per heavy atom. The Kier molecular flexibility index (Phi) is 4.33. The molecule has 1 rings (SSSR count). The molecule has 0 radical (unpaired) electrons. The monoisotopic (exact) mass is 268 g/mol. The second-order valence-corrected chi connectivity index (χ2v) is 7.04. The minimum Gasteiger partial charge on any atom is -0.340 e. The third kappa shape index (κ3) is 2.93. The van der Waals surface area contributed by atoms with Crippen LogP contribution in [0, 0.1) is 5.92 Å². The fourth-order valence-corrected chi connectivity index (χ4v) is 2.96. The van der Waals surface area contributed by atoms with E-state index in [4.69, 9.17) is 0 Å². The molecule has 110 valence electrons. The van der Waals surface area contributed by atoms with Gasteiger partial charge < -0.3 is 10.2 Å². The Morgan fingerprint density at radius 2 is 1.84 bits per heavy atom. The van der Waals surface area contributed by atoms with Gasteiger partial charge in [-0.15, -0.1) is 0 Å². The highest BCUT2D eigenvalue weighted by molar-refractivity contribution is 5.99. The van der Waals surface area contributed by atoms with Crippen LogP contribution in [-0.2, 0) is 9.59 Å². The number of nitrogens with zero attached hydrogens (tertiary/aromatic N) is 1. The number of hydrogen-bond donors (Lipinski definition) is 1. The van der Waals surface area contributed by atoms with Crippen LogP contribution in [-0.4, -0.2) is 33.8 Å². The van der Waals surface area contributed by atoms with Crippen LogP contribution < -0.4 is 5.32 Å². The lowest BCUT2D eigenvalue weighted by atomic mass is 9.84. The van der Waals surface area contributed by atoms with E-state index < -0.39 is 5.54 Å². The molecule has 1 aliphatic rings. The van der Waals surface area contributed by atoms with Gasteiger partial charge in [0.25, 0.3) is 0 Å². The minimum atomic E-state index is -0.812. The number of carbonyl (C=O) groups is 2. The summed E-state index contributed by atoms with van der Waals surface area (Å²) in [5.74, 6) is 0.0872. The van der Waals surface area contributed by atoms with Crippen molar-refractivity contribution in [3.05, 3.63) is 0 Å². The summed E-state index contributed by atoms with van der Waals surface area (Å²) in [5.41, 5.74) is -1.11. The Balaban J connectivity index is 3.24. The van der Waals surface area contributed by atoms with Gasteiger partial charge in [-0.1, -0.05) is 27.2 Å². The van der Waals surface area contributed by atoms with Crippen molar-refractivity contribution in [2.75, 3.05) is 0 Å². The summed E-state index contributed by atoms with van der Waals surface area (Å²) in [5, 5.41) is 2.85. The molecule has 0 spiro atoms. The molecule has 1 saturated heterocycles. The smallest absolute Gasteiger partial charge is 0.248 e. The van der Waals surface area contributed by atoms with E-state index in [1.54, 1.807) is 13.8 Å². The maximum atomic E-state index is 12.7. The largest absolute Gasteiger partial charge is 0.340 e. The summed E-state index contributed by atoms with van der Waals surface area (Å²) in [6.45, 7) is 13.7. The van der Waals surface area contributed by atoms with Gasteiger partial charge in [-0.2, -0.15) is 0 Å². The van der Waals surface area contributed by atoms with Gasteiger partial charge in [0.1, 0.15) is 11.6 Å². The second-order valence-electron chi connectivity index (χ2n) is 7.04. The van der Waals surface area contributed by atoms with Crippen molar-refractivity contribution in [2.24, 2.45) is 5.92 Å². The molecule has 1 unspecified atom stereocenters. The summed E-state index contributed by atoms with van der Waals surface area (Å²) in [7, 11) is 0. The SMILES string of the molecule is CCCC(C)(C)N1C(=O)C(C)(C)NC(=O)C1C(C)C. The van der Waals surface area contributed by atoms with Crippen LogP contribution in [0.3, 0.4) is 0 Å². The maximum absolute atomic E-state index is 12.7. The van der Waals surface area contributed by atoms with Crippen LogP contribution in [0.25, 0.3) is 0 Å². The second kappa shape index (κ2) is 5.14. The van der Waals surface area contributed by atoms with Crippen molar-refractivity contribution in [3.63, 3.8) is 0 Å². The van der Waals surface area contributed by atoms with E-state index in [2.05, 4.69) is 26.1 Å². The molecular weight excluding hydrogens is 240 g/mol. The predicted molar refractivity (Wildman–Crippen MR) is 76.7 cm³/mol. The van der Waals surface area contributed by atoms with Crippen molar-refractivity contribution >= 4 is 11.8 Å². The molecule has 0 bridgehead atoms. The maximum Gasteiger partial charge on any atom is 0.248 e. The molecule has 1 aliphatic heterocycles. The third-order valence-electron chi connectivity index (χ3n) is 3.88. The van der Waals surface area contributed by atoms with Gasteiger partial charge in [-0.3, -0.25) is 9.59 Å². The van der Waals surface area contributed by atoms with Crippen molar-refractivity contribution < 1.29 is 9.59 Å². The molecule has 1 atom stereocenters. The zero-order valence-electron chi connectivity index (χ0n) is 13.3. The van der Waals surface area contributed by atoms with Crippen molar-refractivity contribution in [2.45, 2.75) is 78.4 Å². The normalized spacial score (nSPS) is 23.8. The van der Waals surface area contributed by atoms with Gasteiger partial charge in [0.15, 0.2) is 0 Å². The van der Waals surface area contributed by atoms with Gasteiger partial charge in [0.2, 0.25) is 11.8 Å². The van der Waals surface area contributed by atoms with E-state index in [-0.39, 0.29) is 29.3 Å². The van der Waals surface area contributed by atoms with Crippen LogP contribution in [0.5, 0.6) is 0 Å². The first-order valence-corrected chi connectivity index (χ1v) is 7.20. The lowest BCUT2D eigenvalue weighted by Gasteiger charge is -2.51. The van der Waals surface area contributed by atoms with Gasteiger partial charge >= 0.3 is 0 Å². The number of carbonyl (C=O) groups excluding carboxylic acids is 2. The van der Waals surface area contributed by atoms with E-state index >= 15 is 0 Å². The molecule has 2 amide bonds. The summed E-state index contributed by atoms with van der Waals surface area (Å²) < 4.78 is 0. The first-order chi connectivity index (χ1) is 8.54. The van der Waals surface area contributed by atoms with Crippen molar-refractivity contribution in [1.82, 2.24) is 10.2 Å². The minimum absolute atomic E-state index is 0.0178. The van der Waals surface area contributed by atoms with Gasteiger partial charge in [-0.25, -0.2) is 0 Å². The molecule has 4 nitrogen and oxygen atoms in total. The molecular formula is C15H28N2O2. The molecule has 4 heteroatoms. The molecule has 0 aromatic rings. The van der Waals surface area contributed by atoms with Crippen LogP contribution in [0.2, 0.25) is 0 Å². The summed E-state index contributed by atoms with van der Waals surface area (Å²) in [6, 6.07) is -0.373. The van der Waals surface area contributed by atoms with Gasteiger partial charge in [0.05, 0.1) is 0 Å². The van der Waals surface area contributed by atoms with E-state index in [0.29, 0.717) is 0 Å². The molecule has 19 heavy (non-hydrogen) atoms. The van der Waals surface area contributed by atoms with E-state index in [9.17, 15) is 9.59 Å². The van der Waals surface area contributed by atoms with Crippen molar-refractivity contribution in [3.8, 4) is 0 Å². The van der Waals surface area contributed by atoms with E-state index in [1.165, 1.54) is 0 Å². The first kappa shape index (κ1) is 16.0. The molecule has 0 aliphatic carbocycles. The predicted octanol–water partition coefficient (Wildman–Crippen LogP) is 2.33. The van der Waals surface area contributed by atoms with Crippen molar-refractivity contribution in [1.29, 1.82) is 0 Å². The lowest BCUT2D eigenvalue weighted by molar-refractivity contribution is -0.162.